The van der Waals surface area contributed by atoms with Crippen molar-refractivity contribution in [2.75, 3.05) is 5.32 Å². The second-order valence-electron chi connectivity index (χ2n) is 5.24. The molecule has 3 rings (SSSR count). The van der Waals surface area contributed by atoms with Crippen LogP contribution in [0.2, 0.25) is 10.0 Å². The molecule has 1 N–H and O–H groups in total. The minimum atomic E-state index is -1.12. The molecule has 0 saturated heterocycles. The van der Waals surface area contributed by atoms with Crippen molar-refractivity contribution in [3.8, 4) is 0 Å². The third kappa shape index (κ3) is 2.59. The Bertz CT molecular complexity index is 732. The molecule has 2 aromatic rings. The largest absolute Gasteiger partial charge is 0.325 e. The Balaban J connectivity index is 1.91. The van der Waals surface area contributed by atoms with Gasteiger partial charge in [0.1, 0.15) is 9.75 Å². The molecule has 1 fully saturated rings. The minimum Gasteiger partial charge on any atom is -0.325 e. The summed E-state index contributed by atoms with van der Waals surface area (Å²) in [5, 5.41) is 3.61. The molecular weight excluding hydrogens is 364 g/mol. The van der Waals surface area contributed by atoms with Gasteiger partial charge in [-0.3, -0.25) is 4.79 Å². The molecule has 0 bridgehead atoms. The standard InChI is InChI=1S/C16H11Cl4NO/c17-12-7-6-11(8-13(12)18)21-14(22)15(9-16(15,19)20)10-4-2-1-3-5-10/h1-8H,9H2,(H,21,22). The highest BCUT2D eigenvalue weighted by Crippen LogP contribution is 2.65. The number of hydrogen-bond acceptors (Lipinski definition) is 1. The number of carbonyl (C=O) groups is 1. The fourth-order valence-electron chi connectivity index (χ4n) is 2.51. The number of nitrogens with one attached hydrogen (secondary N) is 1. The van der Waals surface area contributed by atoms with E-state index in [9.17, 15) is 4.79 Å². The maximum atomic E-state index is 12.8. The molecule has 2 aromatic carbocycles. The van der Waals surface area contributed by atoms with Crippen LogP contribution in [-0.4, -0.2) is 10.2 Å². The van der Waals surface area contributed by atoms with E-state index in [0.29, 0.717) is 22.2 Å². The highest BCUT2D eigenvalue weighted by Gasteiger charge is 2.72. The normalized spacial score (nSPS) is 22.2. The SMILES string of the molecule is O=C(Nc1ccc(Cl)c(Cl)c1)C1(c2ccccc2)CC1(Cl)Cl. The molecule has 0 radical (unpaired) electrons. The minimum absolute atomic E-state index is 0.262. The number of alkyl halides is 2. The lowest BCUT2D eigenvalue weighted by Crippen LogP contribution is -2.32. The molecule has 1 aliphatic carbocycles. The zero-order valence-electron chi connectivity index (χ0n) is 11.2. The Morgan fingerprint density at radius 3 is 2.18 bits per heavy atom. The van der Waals surface area contributed by atoms with Crippen LogP contribution in [0.4, 0.5) is 5.69 Å². The number of anilines is 1. The van der Waals surface area contributed by atoms with E-state index >= 15 is 0 Å². The summed E-state index contributed by atoms with van der Waals surface area (Å²) in [5.41, 5.74) is 0.382. The van der Waals surface area contributed by atoms with Crippen LogP contribution in [0, 0.1) is 0 Å². The van der Waals surface area contributed by atoms with Gasteiger partial charge in [-0.15, -0.1) is 23.2 Å². The number of rotatable bonds is 3. The van der Waals surface area contributed by atoms with Gasteiger partial charge in [-0.25, -0.2) is 0 Å². The summed E-state index contributed by atoms with van der Waals surface area (Å²) < 4.78 is -1.12. The van der Waals surface area contributed by atoms with Crippen LogP contribution < -0.4 is 5.32 Å². The van der Waals surface area contributed by atoms with Crippen molar-refractivity contribution < 1.29 is 4.79 Å². The monoisotopic (exact) mass is 373 g/mol. The zero-order chi connectivity index (χ0) is 16.0. The lowest BCUT2D eigenvalue weighted by molar-refractivity contribution is -0.118. The molecule has 1 saturated carbocycles. The van der Waals surface area contributed by atoms with Crippen LogP contribution in [0.25, 0.3) is 0 Å². The number of benzene rings is 2. The van der Waals surface area contributed by atoms with E-state index in [4.69, 9.17) is 46.4 Å². The second kappa shape index (κ2) is 5.61. The van der Waals surface area contributed by atoms with Crippen LogP contribution in [0.5, 0.6) is 0 Å². The molecule has 1 amide bonds. The van der Waals surface area contributed by atoms with Crippen LogP contribution in [0.1, 0.15) is 12.0 Å². The molecular formula is C16H11Cl4NO. The van der Waals surface area contributed by atoms with Gasteiger partial charge in [0.15, 0.2) is 0 Å². The smallest absolute Gasteiger partial charge is 0.238 e. The fraction of sp³-hybridized carbons (Fsp3) is 0.188. The van der Waals surface area contributed by atoms with Gasteiger partial charge in [0.05, 0.1) is 10.0 Å². The van der Waals surface area contributed by atoms with Gasteiger partial charge in [0, 0.05) is 12.1 Å². The summed E-state index contributed by atoms with van der Waals surface area (Å²) in [6.45, 7) is 0. The van der Waals surface area contributed by atoms with Crippen molar-refractivity contribution in [3.63, 3.8) is 0 Å². The molecule has 1 aliphatic rings. The van der Waals surface area contributed by atoms with E-state index in [0.717, 1.165) is 5.56 Å². The Morgan fingerprint density at radius 2 is 1.64 bits per heavy atom. The number of carbonyl (C=O) groups excluding carboxylic acids is 1. The van der Waals surface area contributed by atoms with Crippen LogP contribution in [-0.2, 0) is 10.2 Å². The lowest BCUT2D eigenvalue weighted by atomic mass is 9.94. The summed E-state index contributed by atoms with van der Waals surface area (Å²) in [6, 6.07) is 14.2. The van der Waals surface area contributed by atoms with Crippen molar-refractivity contribution in [1.29, 1.82) is 0 Å². The average Bonchev–Trinajstić information content (AvgIpc) is 3.08. The molecule has 0 aliphatic heterocycles. The van der Waals surface area contributed by atoms with Gasteiger partial charge in [0.25, 0.3) is 0 Å². The maximum absolute atomic E-state index is 12.8. The Morgan fingerprint density at radius 1 is 1.00 bits per heavy atom. The van der Waals surface area contributed by atoms with Crippen molar-refractivity contribution >= 4 is 58.0 Å². The van der Waals surface area contributed by atoms with Crippen molar-refractivity contribution in [3.05, 3.63) is 64.1 Å². The Hall–Kier alpha value is -0.930. The van der Waals surface area contributed by atoms with Crippen LogP contribution >= 0.6 is 46.4 Å². The predicted molar refractivity (Wildman–Crippen MR) is 92.3 cm³/mol. The molecule has 1 unspecified atom stereocenters. The third-order valence-corrected chi connectivity index (χ3v) is 5.47. The zero-order valence-corrected chi connectivity index (χ0v) is 14.3. The lowest BCUT2D eigenvalue weighted by Gasteiger charge is -2.18. The predicted octanol–water partition coefficient (Wildman–Crippen LogP) is 5.45. The van der Waals surface area contributed by atoms with E-state index in [1.807, 2.05) is 30.3 Å². The van der Waals surface area contributed by atoms with Gasteiger partial charge in [-0.05, 0) is 23.8 Å². The molecule has 1 atom stereocenters. The second-order valence-corrected chi connectivity index (χ2v) is 7.53. The van der Waals surface area contributed by atoms with E-state index in [2.05, 4.69) is 5.32 Å². The van der Waals surface area contributed by atoms with E-state index < -0.39 is 9.75 Å². The summed E-state index contributed by atoms with van der Waals surface area (Å²) in [5.74, 6) is -0.262. The Labute approximate surface area is 148 Å². The van der Waals surface area contributed by atoms with Gasteiger partial charge < -0.3 is 5.32 Å². The van der Waals surface area contributed by atoms with E-state index in [1.165, 1.54) is 0 Å². The average molecular weight is 375 g/mol. The first kappa shape index (κ1) is 15.9. The third-order valence-electron chi connectivity index (χ3n) is 3.82. The number of amides is 1. The highest BCUT2D eigenvalue weighted by molar-refractivity contribution is 6.54. The van der Waals surface area contributed by atoms with Crippen molar-refractivity contribution in [2.45, 2.75) is 16.2 Å². The van der Waals surface area contributed by atoms with E-state index in [1.54, 1.807) is 18.2 Å². The quantitative estimate of drug-likeness (QED) is 0.711. The summed E-state index contributed by atoms with van der Waals surface area (Å²) >= 11 is 24.4. The first-order valence-electron chi connectivity index (χ1n) is 6.57. The van der Waals surface area contributed by atoms with Gasteiger partial charge in [-0.1, -0.05) is 53.5 Å². The molecule has 0 heterocycles. The fourth-order valence-corrected chi connectivity index (χ4v) is 3.60. The van der Waals surface area contributed by atoms with E-state index in [-0.39, 0.29) is 5.91 Å². The van der Waals surface area contributed by atoms with Gasteiger partial charge in [0.2, 0.25) is 5.91 Å². The van der Waals surface area contributed by atoms with Gasteiger partial charge in [-0.2, -0.15) is 0 Å². The van der Waals surface area contributed by atoms with Gasteiger partial charge >= 0.3 is 0 Å². The molecule has 0 aromatic heterocycles. The summed E-state index contributed by atoms with van der Waals surface area (Å²) in [6.07, 6.45) is 0.361. The molecule has 0 spiro atoms. The number of hydrogen-bond donors (Lipinski definition) is 1. The summed E-state index contributed by atoms with van der Waals surface area (Å²) in [4.78, 5) is 12.8. The van der Waals surface area contributed by atoms with Crippen molar-refractivity contribution in [2.24, 2.45) is 0 Å². The maximum Gasteiger partial charge on any atom is 0.238 e. The molecule has 22 heavy (non-hydrogen) atoms. The number of halogens is 4. The van der Waals surface area contributed by atoms with Crippen LogP contribution in [0.15, 0.2) is 48.5 Å². The molecule has 6 heteroatoms. The molecule has 114 valence electrons. The van der Waals surface area contributed by atoms with Crippen LogP contribution in [0.3, 0.4) is 0 Å². The van der Waals surface area contributed by atoms with Crippen molar-refractivity contribution in [1.82, 2.24) is 0 Å². The first-order valence-corrected chi connectivity index (χ1v) is 8.08. The highest BCUT2D eigenvalue weighted by atomic mass is 35.5. The topological polar surface area (TPSA) is 29.1 Å². The summed E-state index contributed by atoms with van der Waals surface area (Å²) in [7, 11) is 0. The molecule has 2 nitrogen and oxygen atoms in total. The Kier molecular flexibility index (Phi) is 4.07. The first-order chi connectivity index (χ1) is 10.4.